The zero-order valence-corrected chi connectivity index (χ0v) is 19.8. The molecule has 4 rings (SSSR count). The number of aromatic hydroxyl groups is 1. The highest BCUT2D eigenvalue weighted by Crippen LogP contribution is 2.26. The molecule has 168 valence electrons. The predicted molar refractivity (Wildman–Crippen MR) is 124 cm³/mol. The van der Waals surface area contributed by atoms with Crippen molar-refractivity contribution in [2.24, 2.45) is 0 Å². The molecular weight excluding hydrogens is 450 g/mol. The number of aromatic nitrogens is 1. The van der Waals surface area contributed by atoms with Crippen LogP contribution < -0.4 is 10.00 Å². The molecule has 2 aromatic carbocycles. The fourth-order valence-electron chi connectivity index (χ4n) is 3.33. The van der Waals surface area contributed by atoms with E-state index in [2.05, 4.69) is 11.5 Å². The molecule has 0 radical (unpaired) electrons. The topological polar surface area (TPSA) is 109 Å². The molecule has 0 fully saturated rings. The Labute approximate surface area is 190 Å². The maximum atomic E-state index is 12.8. The monoisotopic (exact) mass is 474 g/mol. The number of thiazole rings is 1. The summed E-state index contributed by atoms with van der Waals surface area (Å²) in [7, 11) is -4.02. The molecule has 32 heavy (non-hydrogen) atoms. The number of fused-ring (bicyclic) bond motifs is 1. The molecule has 0 atom stereocenters. The summed E-state index contributed by atoms with van der Waals surface area (Å²) in [5.41, 5.74) is 2.79. The minimum atomic E-state index is -4.02. The van der Waals surface area contributed by atoms with Gasteiger partial charge < -0.3 is 9.52 Å². The highest BCUT2D eigenvalue weighted by Gasteiger charge is 2.24. The third-order valence-electron chi connectivity index (χ3n) is 4.96. The van der Waals surface area contributed by atoms with E-state index in [1.165, 1.54) is 24.3 Å². The van der Waals surface area contributed by atoms with E-state index in [0.717, 1.165) is 22.8 Å². The Bertz CT molecular complexity index is 1430. The number of hydrogen-bond acceptors (Lipinski definition) is 6. The van der Waals surface area contributed by atoms with Crippen molar-refractivity contribution in [3.63, 3.8) is 0 Å². The normalized spacial score (nSPS) is 11.3. The first-order valence-corrected chi connectivity index (χ1v) is 12.1. The minimum absolute atomic E-state index is 0.0613. The van der Waals surface area contributed by atoms with E-state index in [-0.39, 0.29) is 16.1 Å². The van der Waals surface area contributed by atoms with Gasteiger partial charge in [0.05, 0.1) is 15.7 Å². The van der Waals surface area contributed by atoms with Crippen LogP contribution in [0.15, 0.2) is 62.0 Å². The van der Waals surface area contributed by atoms with Crippen LogP contribution in [0.4, 0.5) is 0 Å². The van der Waals surface area contributed by atoms with Gasteiger partial charge in [0.2, 0.25) is 16.1 Å². The third kappa shape index (κ3) is 4.90. The Hall–Kier alpha value is -3.01. The van der Waals surface area contributed by atoms with E-state index in [1.54, 1.807) is 36.5 Å². The Morgan fingerprint density at radius 3 is 2.31 bits per heavy atom. The van der Waals surface area contributed by atoms with Crippen molar-refractivity contribution in [2.75, 3.05) is 0 Å². The molecule has 2 N–H and O–H groups in total. The smallest absolute Gasteiger partial charge is 0.294 e. The van der Waals surface area contributed by atoms with Gasteiger partial charge in [0.25, 0.3) is 10.1 Å². The molecule has 4 aromatic rings. The number of rotatable bonds is 3. The highest BCUT2D eigenvalue weighted by atomic mass is 32.2. The van der Waals surface area contributed by atoms with Crippen LogP contribution in [0.25, 0.3) is 22.2 Å². The van der Waals surface area contributed by atoms with Gasteiger partial charge in [0, 0.05) is 13.0 Å². The number of benzene rings is 2. The van der Waals surface area contributed by atoms with Crippen molar-refractivity contribution in [3.8, 4) is 17.0 Å². The molecular formula is C23H24NO6S2+. The van der Waals surface area contributed by atoms with Gasteiger partial charge in [-0.3, -0.25) is 9.35 Å². The largest absolute Gasteiger partial charge is 0.508 e. The fraction of sp³-hybridized carbons (Fsp3) is 0.217. The Morgan fingerprint density at radius 1 is 1.06 bits per heavy atom. The molecule has 0 saturated carbocycles. The second kappa shape index (κ2) is 9.23. The second-order valence-electron chi connectivity index (χ2n) is 7.22. The van der Waals surface area contributed by atoms with Gasteiger partial charge in [-0.1, -0.05) is 29.0 Å². The van der Waals surface area contributed by atoms with E-state index >= 15 is 0 Å². The number of hydrogen-bond donors (Lipinski definition) is 2. The maximum Gasteiger partial charge on any atom is 0.294 e. The van der Waals surface area contributed by atoms with E-state index in [9.17, 15) is 18.3 Å². The summed E-state index contributed by atoms with van der Waals surface area (Å²) in [4.78, 5) is 12.7. The van der Waals surface area contributed by atoms with E-state index in [0.29, 0.717) is 22.3 Å². The van der Waals surface area contributed by atoms with Crippen molar-refractivity contribution in [1.29, 1.82) is 0 Å². The Kier molecular flexibility index (Phi) is 6.82. The summed E-state index contributed by atoms with van der Waals surface area (Å²) in [6, 6.07) is 10.6. The lowest BCUT2D eigenvalue weighted by molar-refractivity contribution is -0.683. The zero-order valence-electron chi connectivity index (χ0n) is 18.1. The molecule has 9 heteroatoms. The number of phenolic OH excluding ortho intramolecular Hbond substituents is 1. The van der Waals surface area contributed by atoms with E-state index in [1.807, 2.05) is 19.2 Å². The van der Waals surface area contributed by atoms with Crippen molar-refractivity contribution < 1.29 is 27.1 Å². The van der Waals surface area contributed by atoms with Crippen molar-refractivity contribution >= 4 is 32.4 Å². The molecule has 0 unspecified atom stereocenters. The lowest BCUT2D eigenvalue weighted by atomic mass is 10.1. The first kappa shape index (κ1) is 23.6. The van der Waals surface area contributed by atoms with Crippen LogP contribution in [-0.2, 0) is 16.7 Å². The molecule has 0 aliphatic heterocycles. The Balaban J connectivity index is 0.000000222. The van der Waals surface area contributed by atoms with Gasteiger partial charge in [0.1, 0.15) is 29.2 Å². The van der Waals surface area contributed by atoms with Crippen LogP contribution >= 0.6 is 11.3 Å². The molecule has 0 amide bonds. The number of aryl methyl sites for hydroxylation is 3. The fourth-order valence-corrected chi connectivity index (χ4v) is 4.69. The molecule has 2 aromatic heterocycles. The minimum Gasteiger partial charge on any atom is -0.508 e. The van der Waals surface area contributed by atoms with Gasteiger partial charge in [-0.25, -0.2) is 0 Å². The van der Waals surface area contributed by atoms with Crippen molar-refractivity contribution in [3.05, 3.63) is 74.4 Å². The number of phenols is 1. The van der Waals surface area contributed by atoms with Crippen LogP contribution in [0, 0.1) is 20.8 Å². The van der Waals surface area contributed by atoms with Crippen LogP contribution in [-0.4, -0.2) is 18.1 Å². The van der Waals surface area contributed by atoms with Crippen molar-refractivity contribution in [2.45, 2.75) is 39.1 Å². The van der Waals surface area contributed by atoms with Gasteiger partial charge in [-0.2, -0.15) is 13.0 Å². The highest BCUT2D eigenvalue weighted by molar-refractivity contribution is 7.85. The molecule has 2 heterocycles. The molecule has 0 bridgehead atoms. The quantitative estimate of drug-likeness (QED) is 0.337. The summed E-state index contributed by atoms with van der Waals surface area (Å²) in [6.45, 7) is 8.52. The van der Waals surface area contributed by atoms with Crippen molar-refractivity contribution in [1.82, 2.24) is 0 Å². The lowest BCUT2D eigenvalue weighted by Gasteiger charge is -2.05. The predicted octanol–water partition coefficient (Wildman–Crippen LogP) is 4.39. The van der Waals surface area contributed by atoms with Crippen LogP contribution in [0.5, 0.6) is 5.75 Å². The molecule has 7 nitrogen and oxygen atoms in total. The summed E-state index contributed by atoms with van der Waals surface area (Å²) < 4.78 is 37.4. The van der Waals surface area contributed by atoms with E-state index < -0.39 is 10.1 Å². The summed E-state index contributed by atoms with van der Waals surface area (Å²) in [5.74, 6) is 0.658. The standard InChI is InChI=1S/C16H15NO3S.C7H8O3S/c1-4-17-10(3)21-8-13(17)15-9(2)20-14-7-11(18)5-6-12(14)16(15)19;1-6-2-4-7(5-3-6)11(8,9)10/h5-8H,4H2,1-3H3;2-5H,1H3,(H,8,9,10)/p+1. The summed E-state index contributed by atoms with van der Waals surface area (Å²) >= 11 is 1.62. The first-order chi connectivity index (χ1) is 15.0. The molecule has 0 spiro atoms. The van der Waals surface area contributed by atoms with Gasteiger partial charge in [-0.15, -0.1) is 0 Å². The van der Waals surface area contributed by atoms with Gasteiger partial charge >= 0.3 is 0 Å². The SMILES string of the molecule is CC[n+]1c(-c2c(C)oc3cc(O)ccc3c2=O)csc1C.Cc1ccc(S(=O)(=O)O)cc1. The van der Waals surface area contributed by atoms with Crippen LogP contribution in [0.2, 0.25) is 0 Å². The average Bonchev–Trinajstić information content (AvgIpc) is 3.08. The first-order valence-electron chi connectivity index (χ1n) is 9.81. The van der Waals surface area contributed by atoms with Gasteiger partial charge in [-0.05, 0) is 45.0 Å². The third-order valence-corrected chi connectivity index (χ3v) is 6.73. The molecule has 0 aliphatic carbocycles. The van der Waals surface area contributed by atoms with E-state index in [4.69, 9.17) is 8.97 Å². The molecule has 0 aliphatic rings. The number of nitrogens with zero attached hydrogens (tertiary/aromatic N) is 1. The maximum absolute atomic E-state index is 12.8. The summed E-state index contributed by atoms with van der Waals surface area (Å²) in [5, 5.41) is 13.1. The molecule has 0 saturated heterocycles. The summed E-state index contributed by atoms with van der Waals surface area (Å²) in [6.07, 6.45) is 0. The Morgan fingerprint density at radius 2 is 1.72 bits per heavy atom. The van der Waals surface area contributed by atoms with Crippen LogP contribution in [0.3, 0.4) is 0 Å². The second-order valence-corrected chi connectivity index (χ2v) is 9.70. The average molecular weight is 475 g/mol. The van der Waals surface area contributed by atoms with Gasteiger partial charge in [0.15, 0.2) is 0 Å². The van der Waals surface area contributed by atoms with Crippen LogP contribution in [0.1, 0.15) is 23.3 Å². The zero-order chi connectivity index (χ0) is 23.6. The lowest BCUT2D eigenvalue weighted by Crippen LogP contribution is -2.36.